The van der Waals surface area contributed by atoms with E-state index in [2.05, 4.69) is 0 Å². The molecule has 12 heavy (non-hydrogen) atoms. The molecule has 0 radical (unpaired) electrons. The third-order valence-electron chi connectivity index (χ3n) is 2.12. The lowest BCUT2D eigenvalue weighted by Crippen LogP contribution is -2.05. The van der Waals surface area contributed by atoms with Crippen molar-refractivity contribution >= 4 is 11.5 Å². The van der Waals surface area contributed by atoms with Crippen LogP contribution in [0, 0.1) is 0 Å². The van der Waals surface area contributed by atoms with E-state index in [1.165, 1.54) is 0 Å². The Kier molecular flexibility index (Phi) is 1.82. The molecule has 0 bridgehead atoms. The first kappa shape index (κ1) is 7.35. The average Bonchev–Trinajstić information content (AvgIpc) is 2.56. The molecule has 0 saturated heterocycles. The van der Waals surface area contributed by atoms with Crippen molar-refractivity contribution in [3.8, 4) is 0 Å². The van der Waals surface area contributed by atoms with Gasteiger partial charge < -0.3 is 4.57 Å². The molecule has 0 unspecified atom stereocenters. The third kappa shape index (κ3) is 1.33. The fraction of sp³-hybridized carbons (Fsp3) is 0.300. The van der Waals surface area contributed by atoms with Gasteiger partial charge in [0.05, 0.1) is 0 Å². The summed E-state index contributed by atoms with van der Waals surface area (Å²) in [5.41, 5.74) is 1.12. The predicted molar refractivity (Wildman–Crippen MR) is 47.6 cm³/mol. The zero-order chi connectivity index (χ0) is 8.39. The molecule has 1 aliphatic carbocycles. The highest BCUT2D eigenvalue weighted by Crippen LogP contribution is 2.19. The number of carbonyl (C=O) groups is 1. The molecule has 0 atom stereocenters. The first-order chi connectivity index (χ1) is 5.86. The van der Waals surface area contributed by atoms with E-state index in [4.69, 9.17) is 0 Å². The Balaban J connectivity index is 2.29. The number of allylic oxidation sites excluding steroid dienone is 2. The summed E-state index contributed by atoms with van der Waals surface area (Å²) in [6.45, 7) is 0. The van der Waals surface area contributed by atoms with E-state index in [0.29, 0.717) is 6.42 Å². The van der Waals surface area contributed by atoms with Gasteiger partial charge in [-0.2, -0.15) is 0 Å². The summed E-state index contributed by atoms with van der Waals surface area (Å²) in [6, 6.07) is 3.94. The second-order valence-corrected chi connectivity index (χ2v) is 3.05. The van der Waals surface area contributed by atoms with Gasteiger partial charge in [0.25, 0.3) is 0 Å². The Labute approximate surface area is 71.5 Å². The smallest absolute Gasteiger partial charge is 0.157 e. The van der Waals surface area contributed by atoms with Crippen molar-refractivity contribution in [3.63, 3.8) is 0 Å². The Morgan fingerprint density at radius 2 is 1.92 bits per heavy atom. The minimum atomic E-state index is 0.255. The number of rotatable bonds is 1. The molecule has 0 saturated carbocycles. The lowest BCUT2D eigenvalue weighted by atomic mass is 10.0. The van der Waals surface area contributed by atoms with Crippen LogP contribution in [0.1, 0.15) is 19.3 Å². The van der Waals surface area contributed by atoms with Crippen molar-refractivity contribution in [1.29, 1.82) is 0 Å². The highest BCUT2D eigenvalue weighted by atomic mass is 16.1. The molecular formula is C10H11NO. The fourth-order valence-electron chi connectivity index (χ4n) is 1.50. The van der Waals surface area contributed by atoms with Crippen LogP contribution in [0.25, 0.3) is 5.70 Å². The van der Waals surface area contributed by atoms with Crippen LogP contribution in [0.2, 0.25) is 0 Å². The highest BCUT2D eigenvalue weighted by Gasteiger charge is 2.09. The molecule has 1 aromatic rings. The standard InChI is InChI=1S/C10H11NO/c12-10-5-3-4-9(8-10)11-6-1-2-7-11/h1-2,6-8H,3-5H2. The molecule has 0 aromatic carbocycles. The van der Waals surface area contributed by atoms with E-state index in [1.54, 1.807) is 6.08 Å². The second kappa shape index (κ2) is 2.97. The van der Waals surface area contributed by atoms with Crippen LogP contribution in [0.3, 0.4) is 0 Å². The Morgan fingerprint density at radius 3 is 2.58 bits per heavy atom. The molecule has 0 N–H and O–H groups in total. The number of ketones is 1. The number of nitrogens with zero attached hydrogens (tertiary/aromatic N) is 1. The largest absolute Gasteiger partial charge is 0.327 e. The second-order valence-electron chi connectivity index (χ2n) is 3.05. The van der Waals surface area contributed by atoms with E-state index in [0.717, 1.165) is 18.5 Å². The van der Waals surface area contributed by atoms with E-state index in [1.807, 2.05) is 29.1 Å². The molecule has 2 heteroatoms. The lowest BCUT2D eigenvalue weighted by molar-refractivity contribution is -0.114. The zero-order valence-corrected chi connectivity index (χ0v) is 6.86. The van der Waals surface area contributed by atoms with E-state index in [9.17, 15) is 4.79 Å². The van der Waals surface area contributed by atoms with E-state index >= 15 is 0 Å². The van der Waals surface area contributed by atoms with E-state index < -0.39 is 0 Å². The molecule has 1 heterocycles. The van der Waals surface area contributed by atoms with Crippen molar-refractivity contribution in [2.75, 3.05) is 0 Å². The number of carbonyl (C=O) groups excluding carboxylic acids is 1. The summed E-state index contributed by atoms with van der Waals surface area (Å²) in [5, 5.41) is 0. The van der Waals surface area contributed by atoms with Gasteiger partial charge >= 0.3 is 0 Å². The van der Waals surface area contributed by atoms with Gasteiger partial charge in [0, 0.05) is 30.6 Å². The van der Waals surface area contributed by atoms with Gasteiger partial charge in [-0.15, -0.1) is 0 Å². The number of hydrogen-bond donors (Lipinski definition) is 0. The maximum atomic E-state index is 11.1. The summed E-state index contributed by atoms with van der Waals surface area (Å²) in [6.07, 6.45) is 8.42. The Morgan fingerprint density at radius 1 is 1.17 bits per heavy atom. The van der Waals surface area contributed by atoms with Gasteiger partial charge in [-0.1, -0.05) is 0 Å². The summed E-state index contributed by atoms with van der Waals surface area (Å²) < 4.78 is 2.01. The molecule has 0 fully saturated rings. The first-order valence-electron chi connectivity index (χ1n) is 4.23. The van der Waals surface area contributed by atoms with Crippen molar-refractivity contribution < 1.29 is 4.79 Å². The topological polar surface area (TPSA) is 22.0 Å². The van der Waals surface area contributed by atoms with Crippen LogP contribution in [0.15, 0.2) is 30.6 Å². The first-order valence-corrected chi connectivity index (χ1v) is 4.23. The van der Waals surface area contributed by atoms with Crippen LogP contribution in [0.5, 0.6) is 0 Å². The molecule has 62 valence electrons. The molecule has 2 rings (SSSR count). The highest BCUT2D eigenvalue weighted by molar-refractivity contribution is 5.95. The quantitative estimate of drug-likeness (QED) is 0.618. The van der Waals surface area contributed by atoms with Gasteiger partial charge in [0.15, 0.2) is 5.78 Å². The summed E-state index contributed by atoms with van der Waals surface area (Å²) in [5.74, 6) is 0.255. The maximum Gasteiger partial charge on any atom is 0.157 e. The molecule has 0 spiro atoms. The predicted octanol–water partition coefficient (Wildman–Crippen LogP) is 2.08. The van der Waals surface area contributed by atoms with Gasteiger partial charge in [-0.25, -0.2) is 0 Å². The van der Waals surface area contributed by atoms with Gasteiger partial charge in [-0.3, -0.25) is 4.79 Å². The molecule has 0 aliphatic heterocycles. The normalized spacial score (nSPS) is 17.7. The number of hydrogen-bond acceptors (Lipinski definition) is 1. The van der Waals surface area contributed by atoms with Crippen molar-refractivity contribution in [2.45, 2.75) is 19.3 Å². The molecule has 1 aliphatic rings. The van der Waals surface area contributed by atoms with Crippen LogP contribution < -0.4 is 0 Å². The summed E-state index contributed by atoms with van der Waals surface area (Å²) >= 11 is 0. The minimum absolute atomic E-state index is 0.255. The van der Waals surface area contributed by atoms with Crippen molar-refractivity contribution in [2.24, 2.45) is 0 Å². The maximum absolute atomic E-state index is 11.1. The fourth-order valence-corrected chi connectivity index (χ4v) is 1.50. The average molecular weight is 161 g/mol. The summed E-state index contributed by atoms with van der Waals surface area (Å²) in [7, 11) is 0. The van der Waals surface area contributed by atoms with Crippen molar-refractivity contribution in [1.82, 2.24) is 4.57 Å². The lowest BCUT2D eigenvalue weighted by Gasteiger charge is -2.12. The van der Waals surface area contributed by atoms with Crippen molar-refractivity contribution in [3.05, 3.63) is 30.6 Å². The third-order valence-corrected chi connectivity index (χ3v) is 2.12. The minimum Gasteiger partial charge on any atom is -0.327 e. The van der Waals surface area contributed by atoms with Crippen LogP contribution in [-0.2, 0) is 4.79 Å². The Bertz CT molecular complexity index is 309. The van der Waals surface area contributed by atoms with Gasteiger partial charge in [-0.05, 0) is 25.0 Å². The zero-order valence-electron chi connectivity index (χ0n) is 6.86. The van der Waals surface area contributed by atoms with Crippen LogP contribution in [-0.4, -0.2) is 10.4 Å². The van der Waals surface area contributed by atoms with E-state index in [-0.39, 0.29) is 5.78 Å². The summed E-state index contributed by atoms with van der Waals surface area (Å²) in [4.78, 5) is 11.1. The Hall–Kier alpha value is -1.31. The SMILES string of the molecule is O=C1C=C(n2cccc2)CCC1. The molecule has 1 aromatic heterocycles. The molecule has 2 nitrogen and oxygen atoms in total. The number of aromatic nitrogens is 1. The van der Waals surface area contributed by atoms with Crippen LogP contribution in [0.4, 0.5) is 0 Å². The molecular weight excluding hydrogens is 150 g/mol. The van der Waals surface area contributed by atoms with Crippen LogP contribution >= 0.6 is 0 Å². The monoisotopic (exact) mass is 161 g/mol. The molecule has 0 amide bonds. The van der Waals surface area contributed by atoms with Gasteiger partial charge in [0.2, 0.25) is 0 Å². The van der Waals surface area contributed by atoms with Gasteiger partial charge in [0.1, 0.15) is 0 Å².